The number of thioether (sulfide) groups is 1. The fourth-order valence-corrected chi connectivity index (χ4v) is 4.46. The molecule has 0 fully saturated rings. The standard InChI is InChI=1S/C29H29N5O3S/c1-19-5-15-24(16-6-19)34-26(21-11-13-23(14-12-21)29(2,3)4)32-33-28(34)38-18-25(35)31-30-17-20-7-9-22(10-8-20)27(36)37/h5-17H,18H2,1-4H3,(H2,31,35,36,37)/p+1/b30-17+. The number of carbonyl (C=O) groups excluding carboxylic acids is 1. The van der Waals surface area contributed by atoms with Gasteiger partial charge in [0.1, 0.15) is 5.69 Å². The number of H-pyrrole nitrogens is 1. The van der Waals surface area contributed by atoms with Crippen LogP contribution in [0, 0.1) is 6.92 Å². The Labute approximate surface area is 225 Å². The van der Waals surface area contributed by atoms with Gasteiger partial charge < -0.3 is 5.11 Å². The van der Waals surface area contributed by atoms with Gasteiger partial charge in [0.15, 0.2) is 0 Å². The Bertz CT molecular complexity index is 1450. The van der Waals surface area contributed by atoms with E-state index in [1.54, 1.807) is 12.1 Å². The Morgan fingerprint density at radius 2 is 1.68 bits per heavy atom. The second-order valence-electron chi connectivity index (χ2n) is 9.86. The van der Waals surface area contributed by atoms with Crippen molar-refractivity contribution in [2.75, 3.05) is 5.75 Å². The van der Waals surface area contributed by atoms with E-state index in [0.29, 0.717) is 10.7 Å². The molecule has 0 aliphatic carbocycles. The monoisotopic (exact) mass is 528 g/mol. The van der Waals surface area contributed by atoms with Gasteiger partial charge in [-0.05, 0) is 71.6 Å². The molecule has 1 amide bonds. The van der Waals surface area contributed by atoms with Crippen LogP contribution in [0.25, 0.3) is 17.1 Å². The molecule has 38 heavy (non-hydrogen) atoms. The number of hydrazone groups is 1. The van der Waals surface area contributed by atoms with Gasteiger partial charge in [0.25, 0.3) is 11.7 Å². The molecule has 1 aromatic heterocycles. The maximum Gasteiger partial charge on any atom is 0.342 e. The highest BCUT2D eigenvalue weighted by atomic mass is 32.2. The molecule has 0 saturated heterocycles. The number of carboxylic acids is 1. The van der Waals surface area contributed by atoms with Crippen LogP contribution < -0.4 is 9.99 Å². The minimum absolute atomic E-state index is 0.0538. The van der Waals surface area contributed by atoms with Gasteiger partial charge in [0.2, 0.25) is 0 Å². The van der Waals surface area contributed by atoms with Crippen LogP contribution in [0.5, 0.6) is 0 Å². The van der Waals surface area contributed by atoms with E-state index in [1.807, 2.05) is 35.8 Å². The van der Waals surface area contributed by atoms with E-state index in [4.69, 9.17) is 5.11 Å². The van der Waals surface area contributed by atoms with E-state index >= 15 is 0 Å². The van der Waals surface area contributed by atoms with Gasteiger partial charge >= 0.3 is 11.1 Å². The molecule has 1 heterocycles. The van der Waals surface area contributed by atoms with Crippen LogP contribution in [0.1, 0.15) is 47.8 Å². The number of amides is 1. The number of carboxylic acid groups (broad SMARTS) is 1. The van der Waals surface area contributed by atoms with Crippen molar-refractivity contribution in [3.05, 3.63) is 95.1 Å². The van der Waals surface area contributed by atoms with E-state index in [2.05, 4.69) is 65.8 Å². The number of aromatic carboxylic acids is 1. The normalized spacial score (nSPS) is 11.6. The molecule has 0 aliphatic heterocycles. The summed E-state index contributed by atoms with van der Waals surface area (Å²) in [7, 11) is 0. The molecule has 0 spiro atoms. The van der Waals surface area contributed by atoms with Crippen LogP contribution in [0.4, 0.5) is 0 Å². The molecule has 0 unspecified atom stereocenters. The van der Waals surface area contributed by atoms with Crippen LogP contribution >= 0.6 is 11.8 Å². The van der Waals surface area contributed by atoms with Crippen LogP contribution in [0.2, 0.25) is 0 Å². The predicted octanol–water partition coefficient (Wildman–Crippen LogP) is 4.90. The summed E-state index contributed by atoms with van der Waals surface area (Å²) in [6.45, 7) is 8.59. The van der Waals surface area contributed by atoms with Gasteiger partial charge in [-0.3, -0.25) is 4.79 Å². The zero-order valence-electron chi connectivity index (χ0n) is 21.7. The molecule has 3 N–H and O–H groups in total. The van der Waals surface area contributed by atoms with Crippen molar-refractivity contribution in [2.45, 2.75) is 38.3 Å². The van der Waals surface area contributed by atoms with Gasteiger partial charge in [0, 0.05) is 0 Å². The smallest absolute Gasteiger partial charge is 0.342 e. The molecule has 4 aromatic rings. The van der Waals surface area contributed by atoms with Gasteiger partial charge in [-0.1, -0.05) is 62.7 Å². The first-order valence-electron chi connectivity index (χ1n) is 12.1. The number of carbonyl (C=O) groups is 2. The summed E-state index contributed by atoms with van der Waals surface area (Å²) in [6, 6.07) is 22.8. The third-order valence-electron chi connectivity index (χ3n) is 5.88. The molecule has 3 aromatic carbocycles. The number of nitrogens with zero attached hydrogens (tertiary/aromatic N) is 3. The van der Waals surface area contributed by atoms with Crippen molar-refractivity contribution in [3.8, 4) is 17.1 Å². The average Bonchev–Trinajstić information content (AvgIpc) is 3.32. The van der Waals surface area contributed by atoms with Gasteiger partial charge in [-0.2, -0.15) is 9.67 Å². The van der Waals surface area contributed by atoms with E-state index in [1.165, 1.54) is 35.7 Å². The highest BCUT2D eigenvalue weighted by Crippen LogP contribution is 2.26. The molecule has 0 atom stereocenters. The predicted molar refractivity (Wildman–Crippen MR) is 149 cm³/mol. The third-order valence-corrected chi connectivity index (χ3v) is 6.82. The Hall–Kier alpha value is -4.24. The molecule has 9 heteroatoms. The van der Waals surface area contributed by atoms with Crippen LogP contribution in [0.15, 0.2) is 83.1 Å². The number of aryl methyl sites for hydroxylation is 1. The Balaban J connectivity index is 1.50. The largest absolute Gasteiger partial charge is 0.478 e. The van der Waals surface area contributed by atoms with Crippen molar-refractivity contribution >= 4 is 29.9 Å². The van der Waals surface area contributed by atoms with Crippen LogP contribution in [-0.2, 0) is 10.2 Å². The molecular formula is C29H30N5O3S+. The first-order chi connectivity index (χ1) is 18.1. The first kappa shape index (κ1) is 26.8. The van der Waals surface area contributed by atoms with Crippen molar-refractivity contribution in [3.63, 3.8) is 0 Å². The summed E-state index contributed by atoms with van der Waals surface area (Å²) in [4.78, 5) is 23.4. The molecule has 0 saturated carbocycles. The van der Waals surface area contributed by atoms with Crippen molar-refractivity contribution in [1.29, 1.82) is 0 Å². The van der Waals surface area contributed by atoms with Crippen molar-refractivity contribution in [1.82, 2.24) is 15.6 Å². The van der Waals surface area contributed by atoms with Gasteiger partial charge in [-0.25, -0.2) is 10.2 Å². The Morgan fingerprint density at radius 1 is 1.03 bits per heavy atom. The van der Waals surface area contributed by atoms with E-state index in [0.717, 1.165) is 22.6 Å². The quantitative estimate of drug-likeness (QED) is 0.130. The second-order valence-corrected chi connectivity index (χ2v) is 10.8. The summed E-state index contributed by atoms with van der Waals surface area (Å²) in [5.41, 5.74) is 7.74. The minimum atomic E-state index is -0.995. The Morgan fingerprint density at radius 3 is 2.29 bits per heavy atom. The van der Waals surface area contributed by atoms with E-state index < -0.39 is 5.97 Å². The molecule has 0 radical (unpaired) electrons. The number of benzene rings is 3. The number of rotatable bonds is 8. The first-order valence-corrected chi connectivity index (χ1v) is 13.1. The number of aromatic amines is 1. The van der Waals surface area contributed by atoms with Crippen molar-refractivity contribution in [2.24, 2.45) is 5.10 Å². The topological polar surface area (TPSA) is 111 Å². The highest BCUT2D eigenvalue weighted by molar-refractivity contribution is 7.99. The lowest BCUT2D eigenvalue weighted by atomic mass is 9.87. The highest BCUT2D eigenvalue weighted by Gasteiger charge is 2.25. The lowest BCUT2D eigenvalue weighted by Gasteiger charge is -2.18. The van der Waals surface area contributed by atoms with Crippen LogP contribution in [-0.4, -0.2) is 39.1 Å². The summed E-state index contributed by atoms with van der Waals surface area (Å²) in [5, 5.41) is 21.3. The van der Waals surface area contributed by atoms with E-state index in [9.17, 15) is 9.59 Å². The summed E-state index contributed by atoms with van der Waals surface area (Å²) in [6.07, 6.45) is 1.47. The molecule has 0 bridgehead atoms. The van der Waals surface area contributed by atoms with Crippen LogP contribution in [0.3, 0.4) is 0 Å². The number of hydrogen-bond acceptors (Lipinski definition) is 5. The molecule has 194 valence electrons. The fourth-order valence-electron chi connectivity index (χ4n) is 3.70. The van der Waals surface area contributed by atoms with E-state index in [-0.39, 0.29) is 22.6 Å². The Kier molecular flexibility index (Phi) is 8.07. The zero-order chi connectivity index (χ0) is 27.3. The lowest BCUT2D eigenvalue weighted by Crippen LogP contribution is -2.34. The molecule has 4 rings (SSSR count). The number of nitrogens with one attached hydrogen (secondary N) is 2. The molecule has 8 nitrogen and oxygen atoms in total. The minimum Gasteiger partial charge on any atom is -0.478 e. The SMILES string of the molecule is Cc1ccc(-[n+]2c(SCC(=O)N/N=C/c3ccc(C(=O)O)cc3)n[nH]c2-c2ccc(C(C)(C)C)cc2)cc1. The third kappa shape index (κ3) is 6.54. The van der Waals surface area contributed by atoms with Gasteiger partial charge in [0.05, 0.1) is 28.2 Å². The fraction of sp³-hybridized carbons (Fsp3) is 0.207. The summed E-state index contributed by atoms with van der Waals surface area (Å²) in [5.74, 6) is -0.359. The molecule has 0 aliphatic rings. The number of hydrogen-bond donors (Lipinski definition) is 3. The summed E-state index contributed by atoms with van der Waals surface area (Å²) < 4.78 is 2.01. The molecular weight excluding hydrogens is 498 g/mol. The maximum absolute atomic E-state index is 12.5. The second kappa shape index (κ2) is 11.4. The lowest BCUT2D eigenvalue weighted by molar-refractivity contribution is -0.625. The zero-order valence-corrected chi connectivity index (χ0v) is 22.5. The average molecular weight is 529 g/mol. The van der Waals surface area contributed by atoms with Crippen molar-refractivity contribution < 1.29 is 19.3 Å². The summed E-state index contributed by atoms with van der Waals surface area (Å²) >= 11 is 1.30. The van der Waals surface area contributed by atoms with Gasteiger partial charge in [-0.15, -0.1) is 5.10 Å². The number of aromatic nitrogens is 3. The maximum atomic E-state index is 12.5.